The number of aliphatic hydroxyl groups excluding tert-OH is 1. The van der Waals surface area contributed by atoms with Crippen molar-refractivity contribution >= 4 is 11.7 Å². The van der Waals surface area contributed by atoms with Gasteiger partial charge in [-0.25, -0.2) is 0 Å². The molecule has 0 saturated carbocycles. The summed E-state index contributed by atoms with van der Waals surface area (Å²) in [5.41, 5.74) is 0.329. The zero-order valence-corrected chi connectivity index (χ0v) is 15.7. The second kappa shape index (κ2) is 9.70. The Kier molecular flexibility index (Phi) is 7.62. The first-order valence-electron chi connectivity index (χ1n) is 9.53. The zero-order valence-electron chi connectivity index (χ0n) is 15.7. The molecule has 0 bridgehead atoms. The van der Waals surface area contributed by atoms with Crippen molar-refractivity contribution in [1.29, 1.82) is 0 Å². The molecule has 2 heterocycles. The van der Waals surface area contributed by atoms with Crippen molar-refractivity contribution in [1.82, 2.24) is 15.5 Å². The topological polar surface area (TPSA) is 78.4 Å². The first-order valence-corrected chi connectivity index (χ1v) is 9.53. The number of hydrogen-bond acceptors (Lipinski definition) is 5. The second-order valence-electron chi connectivity index (χ2n) is 7.43. The molecule has 0 spiro atoms. The number of piperidine rings is 1. The summed E-state index contributed by atoms with van der Waals surface area (Å²) in [4.78, 5) is 14.5. The van der Waals surface area contributed by atoms with Crippen LogP contribution < -0.4 is 10.2 Å². The van der Waals surface area contributed by atoms with Gasteiger partial charge in [-0.1, -0.05) is 20.8 Å². The van der Waals surface area contributed by atoms with Crippen molar-refractivity contribution < 1.29 is 9.90 Å². The van der Waals surface area contributed by atoms with Crippen LogP contribution in [0.15, 0.2) is 12.1 Å². The van der Waals surface area contributed by atoms with Gasteiger partial charge in [0.15, 0.2) is 11.5 Å². The molecule has 0 aromatic carbocycles. The van der Waals surface area contributed by atoms with Crippen LogP contribution in [0, 0.1) is 11.8 Å². The Morgan fingerprint density at radius 3 is 2.56 bits per heavy atom. The van der Waals surface area contributed by atoms with Gasteiger partial charge < -0.3 is 15.3 Å². The van der Waals surface area contributed by atoms with Gasteiger partial charge in [0, 0.05) is 25.7 Å². The molecule has 1 atom stereocenters. The lowest BCUT2D eigenvalue weighted by Gasteiger charge is -2.33. The summed E-state index contributed by atoms with van der Waals surface area (Å²) < 4.78 is 0. The molecule has 1 aliphatic heterocycles. The molecule has 140 valence electrons. The Bertz CT molecular complexity index is 525. The van der Waals surface area contributed by atoms with Crippen molar-refractivity contribution in [2.45, 2.75) is 58.9 Å². The average Bonchev–Trinajstić information content (AvgIpc) is 2.61. The monoisotopic (exact) mass is 348 g/mol. The predicted molar refractivity (Wildman–Crippen MR) is 99.7 cm³/mol. The van der Waals surface area contributed by atoms with E-state index < -0.39 is 0 Å². The first kappa shape index (κ1) is 19.6. The summed E-state index contributed by atoms with van der Waals surface area (Å²) in [6.45, 7) is 8.63. The fourth-order valence-electron chi connectivity index (χ4n) is 3.47. The van der Waals surface area contributed by atoms with Gasteiger partial charge in [-0.3, -0.25) is 4.79 Å². The molecule has 0 unspecified atom stereocenters. The van der Waals surface area contributed by atoms with Gasteiger partial charge in [0.05, 0.1) is 0 Å². The third-order valence-electron chi connectivity index (χ3n) is 4.93. The highest BCUT2D eigenvalue weighted by Crippen LogP contribution is 2.26. The molecular formula is C19H32N4O2. The third kappa shape index (κ3) is 5.96. The largest absolute Gasteiger partial charge is 0.396 e. The van der Waals surface area contributed by atoms with E-state index in [9.17, 15) is 4.79 Å². The lowest BCUT2D eigenvalue weighted by Crippen LogP contribution is -2.36. The number of hydrogen-bond donors (Lipinski definition) is 2. The van der Waals surface area contributed by atoms with Crippen molar-refractivity contribution in [3.05, 3.63) is 17.8 Å². The number of nitrogens with zero attached hydrogens (tertiary/aromatic N) is 3. The maximum absolute atomic E-state index is 12.2. The second-order valence-corrected chi connectivity index (χ2v) is 7.43. The summed E-state index contributed by atoms with van der Waals surface area (Å²) >= 11 is 0. The van der Waals surface area contributed by atoms with Gasteiger partial charge in [-0.2, -0.15) is 0 Å². The lowest BCUT2D eigenvalue weighted by molar-refractivity contribution is 0.0923. The quantitative estimate of drug-likeness (QED) is 0.755. The van der Waals surface area contributed by atoms with Crippen LogP contribution in [-0.4, -0.2) is 46.9 Å². The molecule has 0 aliphatic carbocycles. The lowest BCUT2D eigenvalue weighted by atomic mass is 9.89. The molecule has 1 fully saturated rings. The predicted octanol–water partition coefficient (Wildman–Crippen LogP) is 2.63. The summed E-state index contributed by atoms with van der Waals surface area (Å²) in [5, 5.41) is 20.3. The summed E-state index contributed by atoms with van der Waals surface area (Å²) in [6.07, 6.45) is 5.02. The number of amides is 1. The van der Waals surface area contributed by atoms with E-state index in [2.05, 4.69) is 34.3 Å². The molecule has 1 saturated heterocycles. The Labute approximate surface area is 151 Å². The number of carbonyl (C=O) groups excluding carboxylic acids is 1. The highest BCUT2D eigenvalue weighted by Gasteiger charge is 2.21. The minimum atomic E-state index is -0.227. The smallest absolute Gasteiger partial charge is 0.272 e. The van der Waals surface area contributed by atoms with Crippen LogP contribution in [0.25, 0.3) is 0 Å². The Morgan fingerprint density at radius 1 is 1.32 bits per heavy atom. The van der Waals surface area contributed by atoms with Crippen LogP contribution in [0.1, 0.15) is 63.4 Å². The number of nitrogens with one attached hydrogen (secondary N) is 1. The molecule has 1 aliphatic rings. The fourth-order valence-corrected chi connectivity index (χ4v) is 3.47. The highest BCUT2D eigenvalue weighted by atomic mass is 16.3. The van der Waals surface area contributed by atoms with E-state index in [0.29, 0.717) is 12.1 Å². The van der Waals surface area contributed by atoms with E-state index in [4.69, 9.17) is 5.11 Å². The number of rotatable bonds is 8. The van der Waals surface area contributed by atoms with Crippen molar-refractivity contribution in [2.75, 3.05) is 24.6 Å². The molecule has 6 nitrogen and oxygen atoms in total. The molecule has 1 aromatic rings. The average molecular weight is 348 g/mol. The number of carbonyl (C=O) groups is 1. The van der Waals surface area contributed by atoms with E-state index in [0.717, 1.165) is 37.2 Å². The molecule has 1 aromatic heterocycles. The Balaban J connectivity index is 1.88. The number of anilines is 1. The SMILES string of the molecule is CC[C@@H](CCO)NC(=O)c1ccc(N2CCC(CC(C)C)CC2)nn1. The van der Waals surface area contributed by atoms with Gasteiger partial charge in [0.25, 0.3) is 5.91 Å². The van der Waals surface area contributed by atoms with E-state index in [-0.39, 0.29) is 18.6 Å². The summed E-state index contributed by atoms with van der Waals surface area (Å²) in [5.74, 6) is 2.19. The van der Waals surface area contributed by atoms with Crippen LogP contribution in [0.4, 0.5) is 5.82 Å². The van der Waals surface area contributed by atoms with Crippen LogP contribution in [-0.2, 0) is 0 Å². The van der Waals surface area contributed by atoms with Crippen LogP contribution in [0.5, 0.6) is 0 Å². The zero-order chi connectivity index (χ0) is 18.2. The van der Waals surface area contributed by atoms with Crippen LogP contribution >= 0.6 is 0 Å². The Morgan fingerprint density at radius 2 is 2.04 bits per heavy atom. The van der Waals surface area contributed by atoms with Gasteiger partial charge in [0.2, 0.25) is 0 Å². The fraction of sp³-hybridized carbons (Fsp3) is 0.737. The third-order valence-corrected chi connectivity index (χ3v) is 4.93. The van der Waals surface area contributed by atoms with Crippen molar-refractivity contribution in [3.63, 3.8) is 0 Å². The Hall–Kier alpha value is -1.69. The van der Waals surface area contributed by atoms with Crippen LogP contribution in [0.3, 0.4) is 0 Å². The maximum atomic E-state index is 12.2. The van der Waals surface area contributed by atoms with Crippen LogP contribution in [0.2, 0.25) is 0 Å². The minimum absolute atomic E-state index is 0.0287. The van der Waals surface area contributed by atoms with Crippen molar-refractivity contribution in [2.24, 2.45) is 11.8 Å². The van der Waals surface area contributed by atoms with Gasteiger partial charge in [0.1, 0.15) is 0 Å². The highest BCUT2D eigenvalue weighted by molar-refractivity contribution is 5.92. The minimum Gasteiger partial charge on any atom is -0.396 e. The standard InChI is InChI=1S/C19H32N4O2/c1-4-16(9-12-24)20-19(25)17-5-6-18(22-21-17)23-10-7-15(8-11-23)13-14(2)3/h5-6,14-16,24H,4,7-13H2,1-3H3,(H,20,25)/t16-/m0/s1. The van der Waals surface area contributed by atoms with Crippen molar-refractivity contribution in [3.8, 4) is 0 Å². The van der Waals surface area contributed by atoms with E-state index in [1.54, 1.807) is 6.07 Å². The maximum Gasteiger partial charge on any atom is 0.272 e. The normalized spacial score (nSPS) is 16.9. The first-order chi connectivity index (χ1) is 12.0. The molecular weight excluding hydrogens is 316 g/mol. The van der Waals surface area contributed by atoms with Gasteiger partial charge in [-0.15, -0.1) is 10.2 Å². The van der Waals surface area contributed by atoms with E-state index >= 15 is 0 Å². The molecule has 2 N–H and O–H groups in total. The van der Waals surface area contributed by atoms with Gasteiger partial charge >= 0.3 is 0 Å². The molecule has 1 amide bonds. The molecule has 6 heteroatoms. The number of aliphatic hydroxyl groups is 1. The molecule has 25 heavy (non-hydrogen) atoms. The number of aromatic nitrogens is 2. The van der Waals surface area contributed by atoms with E-state index in [1.165, 1.54) is 19.3 Å². The summed E-state index contributed by atoms with van der Waals surface area (Å²) in [6, 6.07) is 3.60. The molecule has 2 rings (SSSR count). The van der Waals surface area contributed by atoms with E-state index in [1.807, 2.05) is 13.0 Å². The van der Waals surface area contributed by atoms with Gasteiger partial charge in [-0.05, 0) is 56.1 Å². The molecule has 0 radical (unpaired) electrons. The summed E-state index contributed by atoms with van der Waals surface area (Å²) in [7, 11) is 0.